The maximum Gasteiger partial charge on any atom is 0.317 e. The lowest BCUT2D eigenvalue weighted by Gasteiger charge is -2.52. The van der Waals surface area contributed by atoms with E-state index < -0.39 is 0 Å². The van der Waals surface area contributed by atoms with Gasteiger partial charge in [-0.1, -0.05) is 0 Å². The summed E-state index contributed by atoms with van der Waals surface area (Å²) in [5.41, 5.74) is 0. The first-order valence-corrected chi connectivity index (χ1v) is 8.55. The van der Waals surface area contributed by atoms with E-state index in [1.54, 1.807) is 6.26 Å². The van der Waals surface area contributed by atoms with Crippen LogP contribution >= 0.6 is 0 Å². The van der Waals surface area contributed by atoms with Crippen LogP contribution in [0.25, 0.3) is 0 Å². The molecule has 3 aliphatic rings. The number of urea groups is 1. The van der Waals surface area contributed by atoms with Gasteiger partial charge in [0.2, 0.25) is 5.91 Å². The van der Waals surface area contributed by atoms with Crippen LogP contribution in [0.15, 0.2) is 22.8 Å². The summed E-state index contributed by atoms with van der Waals surface area (Å²) in [7, 11) is 0. The Labute approximate surface area is 135 Å². The number of carbonyl (C=O) groups excluding carboxylic acids is 2. The van der Waals surface area contributed by atoms with Crippen LogP contribution < -0.4 is 5.32 Å². The molecule has 6 nitrogen and oxygen atoms in total. The number of rotatable bonds is 2. The smallest absolute Gasteiger partial charge is 0.317 e. The number of likely N-dealkylation sites (tertiary alicyclic amines) is 1. The van der Waals surface area contributed by atoms with Crippen LogP contribution in [0.4, 0.5) is 4.79 Å². The van der Waals surface area contributed by atoms with E-state index in [1.807, 2.05) is 17.0 Å². The molecular weight excluding hydrogens is 294 g/mol. The molecule has 0 saturated carbocycles. The van der Waals surface area contributed by atoms with Crippen molar-refractivity contribution in [1.82, 2.24) is 15.1 Å². The quantitative estimate of drug-likeness (QED) is 0.905. The van der Waals surface area contributed by atoms with Gasteiger partial charge in [0, 0.05) is 32.1 Å². The molecule has 1 aromatic rings. The molecule has 0 aromatic carbocycles. The molecule has 4 rings (SSSR count). The normalized spacial score (nSPS) is 30.1. The molecule has 3 amide bonds. The van der Waals surface area contributed by atoms with Crippen molar-refractivity contribution in [1.29, 1.82) is 0 Å². The maximum absolute atomic E-state index is 12.4. The van der Waals surface area contributed by atoms with Crippen LogP contribution in [0.5, 0.6) is 0 Å². The molecule has 3 aliphatic heterocycles. The molecule has 4 heterocycles. The van der Waals surface area contributed by atoms with Gasteiger partial charge < -0.3 is 19.5 Å². The molecule has 3 fully saturated rings. The first kappa shape index (κ1) is 14.6. The molecule has 2 bridgehead atoms. The number of amides is 3. The highest BCUT2D eigenvalue weighted by Gasteiger charge is 2.44. The second-order valence-electron chi connectivity index (χ2n) is 7.01. The highest BCUT2D eigenvalue weighted by Crippen LogP contribution is 2.37. The number of furan rings is 1. The van der Waals surface area contributed by atoms with E-state index in [2.05, 4.69) is 10.2 Å². The van der Waals surface area contributed by atoms with Crippen LogP contribution in [0, 0.1) is 11.8 Å². The van der Waals surface area contributed by atoms with Crippen LogP contribution in [-0.4, -0.2) is 47.4 Å². The Morgan fingerprint density at radius 1 is 1.35 bits per heavy atom. The molecule has 2 unspecified atom stereocenters. The zero-order valence-electron chi connectivity index (χ0n) is 13.2. The minimum atomic E-state index is -0.0216. The van der Waals surface area contributed by atoms with Gasteiger partial charge in [-0.25, -0.2) is 4.79 Å². The predicted octanol–water partition coefficient (Wildman–Crippen LogP) is 1.82. The van der Waals surface area contributed by atoms with Gasteiger partial charge in [-0.3, -0.25) is 4.79 Å². The second kappa shape index (κ2) is 5.91. The van der Waals surface area contributed by atoms with E-state index >= 15 is 0 Å². The highest BCUT2D eigenvalue weighted by molar-refractivity contribution is 5.78. The van der Waals surface area contributed by atoms with Crippen molar-refractivity contribution < 1.29 is 14.0 Å². The van der Waals surface area contributed by atoms with Crippen molar-refractivity contribution in [2.24, 2.45) is 11.8 Å². The number of hydrogen-bond donors (Lipinski definition) is 1. The Bertz CT molecular complexity index is 586. The zero-order chi connectivity index (χ0) is 15.8. The molecule has 0 radical (unpaired) electrons. The van der Waals surface area contributed by atoms with E-state index in [0.29, 0.717) is 36.8 Å². The molecular formula is C17H23N3O3. The van der Waals surface area contributed by atoms with Crippen molar-refractivity contribution in [3.63, 3.8) is 0 Å². The summed E-state index contributed by atoms with van der Waals surface area (Å²) in [5.74, 6) is 1.92. The Balaban J connectivity index is 1.39. The molecule has 0 aliphatic carbocycles. The van der Waals surface area contributed by atoms with E-state index in [-0.39, 0.29) is 6.03 Å². The first-order valence-electron chi connectivity index (χ1n) is 8.55. The summed E-state index contributed by atoms with van der Waals surface area (Å²) in [6.07, 6.45) is 5.54. The van der Waals surface area contributed by atoms with Gasteiger partial charge in [-0.15, -0.1) is 0 Å². The summed E-state index contributed by atoms with van der Waals surface area (Å²) in [6, 6.07) is 4.00. The second-order valence-corrected chi connectivity index (χ2v) is 7.01. The Kier molecular flexibility index (Phi) is 3.75. The third-order valence-electron chi connectivity index (χ3n) is 5.46. The number of fused-ring (bicyclic) bond motifs is 4. The van der Waals surface area contributed by atoms with E-state index in [0.717, 1.165) is 44.7 Å². The van der Waals surface area contributed by atoms with E-state index in [1.165, 1.54) is 0 Å². The van der Waals surface area contributed by atoms with Gasteiger partial charge in [0.25, 0.3) is 0 Å². The Morgan fingerprint density at radius 2 is 2.26 bits per heavy atom. The fourth-order valence-corrected chi connectivity index (χ4v) is 4.46. The van der Waals surface area contributed by atoms with Crippen LogP contribution in [0.2, 0.25) is 0 Å². The standard InChI is InChI=1S/C17H23N3O3/c21-16-5-1-4-15-13-7-12(10-20(15)16)9-19(11-13)17(22)18-8-14-3-2-6-23-14/h2-3,6,12-13,15H,1,4-5,7-11H2,(H,18,22)/t12?,13?,15-/m1/s1. The van der Waals surface area contributed by atoms with Crippen LogP contribution in [-0.2, 0) is 11.3 Å². The SMILES string of the molecule is O=C(NCc1ccco1)N1CC2CC(C1)[C@H]1CCCC(=O)N1C2. The molecule has 0 spiro atoms. The maximum atomic E-state index is 12.4. The summed E-state index contributed by atoms with van der Waals surface area (Å²) in [5, 5.41) is 2.94. The Hall–Kier alpha value is -1.98. The number of piperidine rings is 3. The summed E-state index contributed by atoms with van der Waals surface area (Å²) in [4.78, 5) is 28.6. The van der Waals surface area contributed by atoms with Gasteiger partial charge in [0.1, 0.15) is 5.76 Å². The fraction of sp³-hybridized carbons (Fsp3) is 0.647. The lowest BCUT2D eigenvalue weighted by atomic mass is 9.76. The molecule has 3 saturated heterocycles. The third kappa shape index (κ3) is 2.82. The van der Waals surface area contributed by atoms with Crippen LogP contribution in [0.3, 0.4) is 0 Å². The van der Waals surface area contributed by atoms with Crippen molar-refractivity contribution >= 4 is 11.9 Å². The molecule has 124 valence electrons. The summed E-state index contributed by atoms with van der Waals surface area (Å²) < 4.78 is 5.25. The van der Waals surface area contributed by atoms with Crippen molar-refractivity contribution in [3.8, 4) is 0 Å². The van der Waals surface area contributed by atoms with Crippen molar-refractivity contribution in [2.45, 2.75) is 38.3 Å². The zero-order valence-corrected chi connectivity index (χ0v) is 13.2. The average molecular weight is 317 g/mol. The van der Waals surface area contributed by atoms with E-state index in [4.69, 9.17) is 4.42 Å². The monoisotopic (exact) mass is 317 g/mol. The summed E-state index contributed by atoms with van der Waals surface area (Å²) in [6.45, 7) is 2.75. The first-order chi connectivity index (χ1) is 11.2. The molecule has 23 heavy (non-hydrogen) atoms. The van der Waals surface area contributed by atoms with Crippen LogP contribution in [0.1, 0.15) is 31.4 Å². The largest absolute Gasteiger partial charge is 0.467 e. The molecule has 6 heteroatoms. The molecule has 3 atom stereocenters. The number of hydrogen-bond acceptors (Lipinski definition) is 3. The van der Waals surface area contributed by atoms with E-state index in [9.17, 15) is 9.59 Å². The molecule has 1 aromatic heterocycles. The van der Waals surface area contributed by atoms with Crippen molar-refractivity contribution in [3.05, 3.63) is 24.2 Å². The number of nitrogens with zero attached hydrogens (tertiary/aromatic N) is 2. The average Bonchev–Trinajstić information content (AvgIpc) is 3.07. The van der Waals surface area contributed by atoms with Crippen molar-refractivity contribution in [2.75, 3.05) is 19.6 Å². The highest BCUT2D eigenvalue weighted by atomic mass is 16.3. The third-order valence-corrected chi connectivity index (χ3v) is 5.46. The lowest BCUT2D eigenvalue weighted by Crippen LogP contribution is -2.62. The van der Waals surface area contributed by atoms with Gasteiger partial charge >= 0.3 is 6.03 Å². The lowest BCUT2D eigenvalue weighted by molar-refractivity contribution is -0.144. The van der Waals surface area contributed by atoms with Gasteiger partial charge in [0.15, 0.2) is 0 Å². The minimum absolute atomic E-state index is 0.0216. The Morgan fingerprint density at radius 3 is 3.09 bits per heavy atom. The predicted molar refractivity (Wildman–Crippen MR) is 83.5 cm³/mol. The van der Waals surface area contributed by atoms with Gasteiger partial charge in [0.05, 0.1) is 12.8 Å². The number of carbonyl (C=O) groups is 2. The number of nitrogens with one attached hydrogen (secondary N) is 1. The minimum Gasteiger partial charge on any atom is -0.467 e. The molecule has 1 N–H and O–H groups in total. The van der Waals surface area contributed by atoms with Gasteiger partial charge in [-0.05, 0) is 43.2 Å². The topological polar surface area (TPSA) is 65.8 Å². The fourth-order valence-electron chi connectivity index (χ4n) is 4.46. The summed E-state index contributed by atoms with van der Waals surface area (Å²) >= 11 is 0. The van der Waals surface area contributed by atoms with Gasteiger partial charge in [-0.2, -0.15) is 0 Å².